The zero-order valence-electron chi connectivity index (χ0n) is 13.2. The Morgan fingerprint density at radius 1 is 1.30 bits per heavy atom. The van der Waals surface area contributed by atoms with Crippen LogP contribution in [0.3, 0.4) is 0 Å². The normalized spacial score (nSPS) is 22.7. The highest BCUT2D eigenvalue weighted by Crippen LogP contribution is 2.27. The minimum atomic E-state index is -0.551. The van der Waals surface area contributed by atoms with E-state index in [4.69, 9.17) is 5.21 Å². The van der Waals surface area contributed by atoms with Crippen LogP contribution in [0, 0.1) is 0 Å². The standard InChI is InChI=1S/C17H24N4O2/c22-17(20-23)8-6-13-5-7-16(18-11-13)19-14-9-10-21(12-14)15-3-1-2-4-15/h5-8,11,14-15,23H,1-4,9-10,12H2,(H,18,19)(H,20,22)/b8-6+/t14-/m1/s1. The smallest absolute Gasteiger partial charge is 0.267 e. The van der Waals surface area contributed by atoms with Crippen LogP contribution in [0.2, 0.25) is 0 Å². The molecule has 23 heavy (non-hydrogen) atoms. The third kappa shape index (κ3) is 4.30. The van der Waals surface area contributed by atoms with Crippen LogP contribution in [-0.4, -0.2) is 46.2 Å². The number of carbonyl (C=O) groups is 1. The number of anilines is 1. The molecule has 0 aromatic carbocycles. The van der Waals surface area contributed by atoms with Gasteiger partial charge in [-0.1, -0.05) is 12.8 Å². The Hall–Kier alpha value is -1.92. The van der Waals surface area contributed by atoms with Crippen LogP contribution in [0.4, 0.5) is 5.82 Å². The van der Waals surface area contributed by atoms with E-state index in [2.05, 4.69) is 15.2 Å². The van der Waals surface area contributed by atoms with Gasteiger partial charge in [0.1, 0.15) is 5.82 Å². The van der Waals surface area contributed by atoms with E-state index in [1.54, 1.807) is 17.8 Å². The molecule has 0 bridgehead atoms. The van der Waals surface area contributed by atoms with Gasteiger partial charge in [0, 0.05) is 37.4 Å². The van der Waals surface area contributed by atoms with Crippen LogP contribution < -0.4 is 10.8 Å². The van der Waals surface area contributed by atoms with E-state index < -0.39 is 5.91 Å². The number of hydroxylamine groups is 1. The topological polar surface area (TPSA) is 77.5 Å². The maximum atomic E-state index is 10.9. The van der Waals surface area contributed by atoms with Crippen molar-refractivity contribution in [1.82, 2.24) is 15.4 Å². The molecule has 124 valence electrons. The average molecular weight is 316 g/mol. The van der Waals surface area contributed by atoms with Crippen molar-refractivity contribution < 1.29 is 10.0 Å². The van der Waals surface area contributed by atoms with Crippen molar-refractivity contribution in [3.63, 3.8) is 0 Å². The number of carbonyl (C=O) groups excluding carboxylic acids is 1. The maximum absolute atomic E-state index is 10.9. The van der Waals surface area contributed by atoms with Crippen molar-refractivity contribution in [2.45, 2.75) is 44.2 Å². The molecule has 3 N–H and O–H groups in total. The van der Waals surface area contributed by atoms with Crippen molar-refractivity contribution in [3.05, 3.63) is 30.0 Å². The molecule has 3 rings (SSSR count). The molecule has 2 heterocycles. The Balaban J connectivity index is 1.50. The summed E-state index contributed by atoms with van der Waals surface area (Å²) in [7, 11) is 0. The molecule has 1 aliphatic heterocycles. The number of hydrogen-bond donors (Lipinski definition) is 3. The van der Waals surface area contributed by atoms with Crippen LogP contribution in [0.25, 0.3) is 6.08 Å². The fraction of sp³-hybridized carbons (Fsp3) is 0.529. The van der Waals surface area contributed by atoms with Crippen LogP contribution in [-0.2, 0) is 4.79 Å². The van der Waals surface area contributed by atoms with Gasteiger partial charge in [0.2, 0.25) is 0 Å². The van der Waals surface area contributed by atoms with Gasteiger partial charge in [0.05, 0.1) is 0 Å². The van der Waals surface area contributed by atoms with Crippen molar-refractivity contribution in [2.75, 3.05) is 18.4 Å². The Morgan fingerprint density at radius 2 is 2.13 bits per heavy atom. The largest absolute Gasteiger partial charge is 0.366 e. The molecular formula is C17H24N4O2. The summed E-state index contributed by atoms with van der Waals surface area (Å²) >= 11 is 0. The second kappa shape index (κ2) is 7.57. The first-order valence-electron chi connectivity index (χ1n) is 8.33. The van der Waals surface area contributed by atoms with Gasteiger partial charge in [-0.25, -0.2) is 10.5 Å². The van der Waals surface area contributed by atoms with E-state index in [9.17, 15) is 4.79 Å². The Bertz CT molecular complexity index is 552. The molecule has 1 saturated carbocycles. The van der Waals surface area contributed by atoms with Gasteiger partial charge in [-0.05, 0) is 43.0 Å². The quantitative estimate of drug-likeness (QED) is 0.440. The predicted molar refractivity (Wildman–Crippen MR) is 89.1 cm³/mol. The first kappa shape index (κ1) is 16.0. The van der Waals surface area contributed by atoms with Crippen LogP contribution in [0.5, 0.6) is 0 Å². The summed E-state index contributed by atoms with van der Waals surface area (Å²) in [5.41, 5.74) is 2.38. The van der Waals surface area contributed by atoms with E-state index in [1.807, 2.05) is 12.1 Å². The molecule has 6 nitrogen and oxygen atoms in total. The highest BCUT2D eigenvalue weighted by Gasteiger charge is 2.29. The number of rotatable bonds is 5. The molecule has 1 saturated heterocycles. The third-order valence-corrected chi connectivity index (χ3v) is 4.74. The average Bonchev–Trinajstić information content (AvgIpc) is 3.25. The van der Waals surface area contributed by atoms with Gasteiger partial charge < -0.3 is 5.32 Å². The van der Waals surface area contributed by atoms with Gasteiger partial charge in [-0.15, -0.1) is 0 Å². The first-order valence-corrected chi connectivity index (χ1v) is 8.33. The SMILES string of the molecule is O=C(/C=C/c1ccc(N[C@@H]2CCN(C3CCCC3)C2)nc1)NO. The van der Waals surface area contributed by atoms with E-state index in [-0.39, 0.29) is 0 Å². The lowest BCUT2D eigenvalue weighted by atomic mass is 10.2. The summed E-state index contributed by atoms with van der Waals surface area (Å²) in [5.74, 6) is 0.317. The summed E-state index contributed by atoms with van der Waals surface area (Å²) in [5, 5.41) is 11.9. The summed E-state index contributed by atoms with van der Waals surface area (Å²) in [6.07, 6.45) is 11.2. The van der Waals surface area contributed by atoms with Crippen molar-refractivity contribution in [2.24, 2.45) is 0 Å². The Kier molecular flexibility index (Phi) is 5.25. The number of likely N-dealkylation sites (tertiary alicyclic amines) is 1. The molecule has 2 aliphatic rings. The fourth-order valence-corrected chi connectivity index (χ4v) is 3.51. The minimum absolute atomic E-state index is 0.463. The van der Waals surface area contributed by atoms with Gasteiger partial charge in [-0.3, -0.25) is 14.9 Å². The second-order valence-electron chi connectivity index (χ2n) is 6.35. The zero-order chi connectivity index (χ0) is 16.1. The highest BCUT2D eigenvalue weighted by atomic mass is 16.5. The number of nitrogens with zero attached hydrogens (tertiary/aromatic N) is 2. The lowest BCUT2D eigenvalue weighted by Gasteiger charge is -2.23. The number of pyridine rings is 1. The number of hydrogen-bond acceptors (Lipinski definition) is 5. The van der Waals surface area contributed by atoms with Crippen molar-refractivity contribution in [3.8, 4) is 0 Å². The molecule has 0 unspecified atom stereocenters. The molecule has 1 aromatic rings. The zero-order valence-corrected chi connectivity index (χ0v) is 13.2. The maximum Gasteiger partial charge on any atom is 0.267 e. The second-order valence-corrected chi connectivity index (χ2v) is 6.35. The summed E-state index contributed by atoms with van der Waals surface area (Å²) < 4.78 is 0. The Labute approximate surface area is 136 Å². The molecule has 1 amide bonds. The van der Waals surface area contributed by atoms with Crippen LogP contribution in [0.1, 0.15) is 37.7 Å². The van der Waals surface area contributed by atoms with E-state index in [0.717, 1.165) is 30.4 Å². The lowest BCUT2D eigenvalue weighted by Crippen LogP contribution is -2.33. The number of amides is 1. The summed E-state index contributed by atoms with van der Waals surface area (Å²) in [6, 6.07) is 5.08. The molecule has 6 heteroatoms. The number of aromatic nitrogens is 1. The van der Waals surface area contributed by atoms with Crippen molar-refractivity contribution >= 4 is 17.8 Å². The van der Waals surface area contributed by atoms with Gasteiger partial charge >= 0.3 is 0 Å². The molecule has 0 radical (unpaired) electrons. The molecule has 1 atom stereocenters. The summed E-state index contributed by atoms with van der Waals surface area (Å²) in [6.45, 7) is 2.28. The molecule has 1 aromatic heterocycles. The van der Waals surface area contributed by atoms with Crippen LogP contribution >= 0.6 is 0 Å². The molecular weight excluding hydrogens is 292 g/mol. The minimum Gasteiger partial charge on any atom is -0.366 e. The monoisotopic (exact) mass is 316 g/mol. The molecule has 1 aliphatic carbocycles. The fourth-order valence-electron chi connectivity index (χ4n) is 3.51. The highest BCUT2D eigenvalue weighted by molar-refractivity contribution is 5.90. The van der Waals surface area contributed by atoms with Gasteiger partial charge in [0.25, 0.3) is 5.91 Å². The summed E-state index contributed by atoms with van der Waals surface area (Å²) in [4.78, 5) is 18.0. The number of nitrogens with one attached hydrogen (secondary N) is 2. The van der Waals surface area contributed by atoms with Crippen LogP contribution in [0.15, 0.2) is 24.4 Å². The van der Waals surface area contributed by atoms with Gasteiger partial charge in [0.15, 0.2) is 0 Å². The first-order chi connectivity index (χ1) is 11.2. The van der Waals surface area contributed by atoms with E-state index in [0.29, 0.717) is 6.04 Å². The van der Waals surface area contributed by atoms with E-state index >= 15 is 0 Å². The Morgan fingerprint density at radius 3 is 2.83 bits per heavy atom. The molecule has 0 spiro atoms. The lowest BCUT2D eigenvalue weighted by molar-refractivity contribution is -0.124. The van der Waals surface area contributed by atoms with Crippen molar-refractivity contribution in [1.29, 1.82) is 0 Å². The molecule has 2 fully saturated rings. The van der Waals surface area contributed by atoms with E-state index in [1.165, 1.54) is 38.3 Å². The predicted octanol–water partition coefficient (Wildman–Crippen LogP) is 2.03. The third-order valence-electron chi connectivity index (χ3n) is 4.74. The van der Waals surface area contributed by atoms with Gasteiger partial charge in [-0.2, -0.15) is 0 Å².